The molecule has 0 saturated carbocycles. The Hall–Kier alpha value is -3.78. The van der Waals surface area contributed by atoms with Gasteiger partial charge in [0.05, 0.1) is 18.0 Å². The second-order valence-corrected chi connectivity index (χ2v) is 11.5. The molecule has 210 valence electrons. The Morgan fingerprint density at radius 3 is 2.75 bits per heavy atom. The van der Waals surface area contributed by atoms with Crippen LogP contribution in [0, 0.1) is 19.3 Å². The molecule has 5 rings (SSSR count). The first-order chi connectivity index (χ1) is 19.1. The first-order valence-corrected chi connectivity index (χ1v) is 13.9. The van der Waals surface area contributed by atoms with E-state index in [1.807, 2.05) is 39.2 Å². The molecule has 8 nitrogen and oxygen atoms in total. The molecule has 0 spiro atoms. The molecule has 3 heterocycles. The topological polar surface area (TPSA) is 82.4 Å². The summed E-state index contributed by atoms with van der Waals surface area (Å²) in [6.45, 7) is 12.7. The number of esters is 1. The summed E-state index contributed by atoms with van der Waals surface area (Å²) < 4.78 is 13.4. The average Bonchev–Trinajstić information content (AvgIpc) is 3.22. The van der Waals surface area contributed by atoms with E-state index in [0.29, 0.717) is 0 Å². The molecule has 0 saturated heterocycles. The molecule has 2 aromatic heterocycles. The highest BCUT2D eigenvalue weighted by Gasteiger charge is 2.41. The molecule has 0 radical (unpaired) electrons. The van der Waals surface area contributed by atoms with Gasteiger partial charge in [0.2, 0.25) is 0 Å². The molecule has 4 aromatic rings. The molecule has 0 bridgehead atoms. The van der Waals surface area contributed by atoms with Gasteiger partial charge in [-0.3, -0.25) is 14.7 Å². The van der Waals surface area contributed by atoms with Crippen molar-refractivity contribution >= 4 is 17.0 Å². The number of aromatic nitrogens is 4. The van der Waals surface area contributed by atoms with Crippen LogP contribution in [0.25, 0.3) is 11.0 Å². The lowest BCUT2D eigenvalue weighted by atomic mass is 9.69. The molecular formula is C32H39N5O3. The van der Waals surface area contributed by atoms with E-state index in [1.54, 1.807) is 10.9 Å². The third-order valence-corrected chi connectivity index (χ3v) is 8.39. The third-order valence-electron chi connectivity index (χ3n) is 8.39. The maximum Gasteiger partial charge on any atom is 0.312 e. The molecule has 0 fully saturated rings. The standard InChI is InChI=1S/C32H39N5O3/c1-8-25-19-37(18-24-16-33-14-13-28(24)40-25)17-23-15-22(10-9-20(23)2)29(32(4,5)31(38)39-7)26-11-12-27-30(21(26)3)34-35-36(27)6/h9-16,25,29H,8,17-19H2,1-7H3/t25-,29?/m1/s1. The van der Waals surface area contributed by atoms with Gasteiger partial charge in [-0.2, -0.15) is 0 Å². The van der Waals surface area contributed by atoms with Gasteiger partial charge in [-0.05, 0) is 74.1 Å². The molecule has 1 unspecified atom stereocenters. The third kappa shape index (κ3) is 5.08. The van der Waals surface area contributed by atoms with Crippen molar-refractivity contribution in [2.45, 2.75) is 66.2 Å². The van der Waals surface area contributed by atoms with Gasteiger partial charge in [-0.1, -0.05) is 36.4 Å². The minimum Gasteiger partial charge on any atom is -0.489 e. The van der Waals surface area contributed by atoms with E-state index in [9.17, 15) is 4.79 Å². The molecule has 0 N–H and O–H groups in total. The van der Waals surface area contributed by atoms with Crippen molar-refractivity contribution in [2.24, 2.45) is 12.5 Å². The molecule has 0 amide bonds. The zero-order valence-electron chi connectivity index (χ0n) is 24.6. The molecule has 0 aliphatic carbocycles. The number of pyridine rings is 1. The summed E-state index contributed by atoms with van der Waals surface area (Å²) in [5.74, 6) is 0.425. The molecular weight excluding hydrogens is 502 g/mol. The largest absolute Gasteiger partial charge is 0.489 e. The van der Waals surface area contributed by atoms with Gasteiger partial charge in [-0.25, -0.2) is 4.68 Å². The van der Waals surface area contributed by atoms with Crippen LogP contribution in [0.4, 0.5) is 0 Å². The summed E-state index contributed by atoms with van der Waals surface area (Å²) >= 11 is 0. The number of hydrogen-bond donors (Lipinski definition) is 0. The van der Waals surface area contributed by atoms with E-state index in [2.05, 4.69) is 65.2 Å². The smallest absolute Gasteiger partial charge is 0.312 e. The van der Waals surface area contributed by atoms with Crippen LogP contribution in [0.2, 0.25) is 0 Å². The number of rotatable bonds is 7. The number of methoxy groups -OCH3 is 1. The number of hydrogen-bond acceptors (Lipinski definition) is 7. The summed E-state index contributed by atoms with van der Waals surface area (Å²) in [5.41, 5.74) is 7.67. The fourth-order valence-electron chi connectivity index (χ4n) is 6.00. The van der Waals surface area contributed by atoms with Gasteiger partial charge in [-0.15, -0.1) is 5.10 Å². The van der Waals surface area contributed by atoms with Gasteiger partial charge < -0.3 is 9.47 Å². The van der Waals surface area contributed by atoms with Crippen molar-refractivity contribution in [3.05, 3.63) is 82.2 Å². The molecule has 1 aliphatic heterocycles. The lowest BCUT2D eigenvalue weighted by Gasteiger charge is -2.34. The summed E-state index contributed by atoms with van der Waals surface area (Å²) in [6, 6.07) is 12.7. The van der Waals surface area contributed by atoms with E-state index in [-0.39, 0.29) is 18.0 Å². The van der Waals surface area contributed by atoms with E-state index in [1.165, 1.54) is 18.2 Å². The second kappa shape index (κ2) is 11.0. The van der Waals surface area contributed by atoms with Crippen molar-refractivity contribution in [1.29, 1.82) is 0 Å². The number of benzene rings is 2. The highest BCUT2D eigenvalue weighted by molar-refractivity contribution is 5.82. The van der Waals surface area contributed by atoms with Crippen molar-refractivity contribution in [2.75, 3.05) is 13.7 Å². The van der Waals surface area contributed by atoms with Crippen molar-refractivity contribution in [3.8, 4) is 5.75 Å². The number of nitrogens with zero attached hydrogens (tertiary/aromatic N) is 5. The average molecular weight is 542 g/mol. The predicted molar refractivity (Wildman–Crippen MR) is 155 cm³/mol. The fourth-order valence-corrected chi connectivity index (χ4v) is 6.00. The minimum absolute atomic E-state index is 0.111. The van der Waals surface area contributed by atoms with Gasteiger partial charge in [0, 0.05) is 50.6 Å². The number of aryl methyl sites for hydroxylation is 3. The Balaban J connectivity index is 1.57. The quantitative estimate of drug-likeness (QED) is 0.286. The van der Waals surface area contributed by atoms with Gasteiger partial charge >= 0.3 is 5.97 Å². The van der Waals surface area contributed by atoms with Crippen molar-refractivity contribution < 1.29 is 14.3 Å². The first kappa shape index (κ1) is 27.8. The Morgan fingerprint density at radius 1 is 1.20 bits per heavy atom. The molecule has 2 aromatic carbocycles. The van der Waals surface area contributed by atoms with Crippen LogP contribution in [0.15, 0.2) is 48.8 Å². The number of ether oxygens (including phenoxy) is 2. The van der Waals surface area contributed by atoms with Crippen LogP contribution in [0.1, 0.15) is 66.5 Å². The van der Waals surface area contributed by atoms with Crippen molar-refractivity contribution in [3.63, 3.8) is 0 Å². The Morgan fingerprint density at radius 2 is 2.00 bits per heavy atom. The Bertz CT molecular complexity index is 1540. The predicted octanol–water partition coefficient (Wildman–Crippen LogP) is 5.48. The zero-order chi connectivity index (χ0) is 28.6. The number of carbonyl (C=O) groups excluding carboxylic acids is 1. The number of fused-ring (bicyclic) bond motifs is 2. The monoisotopic (exact) mass is 541 g/mol. The lowest BCUT2D eigenvalue weighted by molar-refractivity contribution is -0.151. The van der Waals surface area contributed by atoms with Gasteiger partial charge in [0.1, 0.15) is 17.4 Å². The zero-order valence-corrected chi connectivity index (χ0v) is 24.6. The molecule has 8 heteroatoms. The van der Waals surface area contributed by atoms with E-state index < -0.39 is 5.41 Å². The van der Waals surface area contributed by atoms with Gasteiger partial charge in [0.15, 0.2) is 0 Å². The van der Waals surface area contributed by atoms with E-state index in [0.717, 1.165) is 65.1 Å². The van der Waals surface area contributed by atoms with Crippen molar-refractivity contribution in [1.82, 2.24) is 24.9 Å². The summed E-state index contributed by atoms with van der Waals surface area (Å²) in [5, 5.41) is 8.65. The highest BCUT2D eigenvalue weighted by Crippen LogP contribution is 2.44. The van der Waals surface area contributed by atoms with Crippen LogP contribution >= 0.6 is 0 Å². The Kier molecular flexibility index (Phi) is 7.64. The van der Waals surface area contributed by atoms with Crippen LogP contribution in [0.3, 0.4) is 0 Å². The summed E-state index contributed by atoms with van der Waals surface area (Å²) in [7, 11) is 3.35. The van der Waals surface area contributed by atoms with Gasteiger partial charge in [0.25, 0.3) is 0 Å². The minimum atomic E-state index is -0.823. The second-order valence-electron chi connectivity index (χ2n) is 11.5. The van der Waals surface area contributed by atoms with Crippen LogP contribution < -0.4 is 4.74 Å². The van der Waals surface area contributed by atoms with Crippen LogP contribution in [0.5, 0.6) is 5.75 Å². The van der Waals surface area contributed by atoms with E-state index in [4.69, 9.17) is 9.47 Å². The lowest BCUT2D eigenvalue weighted by Crippen LogP contribution is -2.34. The molecule has 2 atom stereocenters. The maximum atomic E-state index is 13.2. The fraction of sp³-hybridized carbons (Fsp3) is 0.438. The normalized spacial score (nSPS) is 16.7. The van der Waals surface area contributed by atoms with Crippen LogP contribution in [-0.4, -0.2) is 50.6 Å². The number of carbonyl (C=O) groups is 1. The molecule has 40 heavy (non-hydrogen) atoms. The first-order valence-electron chi connectivity index (χ1n) is 13.9. The van der Waals surface area contributed by atoms with Crippen LogP contribution in [-0.2, 0) is 29.7 Å². The summed E-state index contributed by atoms with van der Waals surface area (Å²) in [6.07, 6.45) is 4.73. The maximum absolute atomic E-state index is 13.2. The Labute approximate surface area is 236 Å². The SMILES string of the molecule is CC[C@@H]1CN(Cc2cc(C(c3ccc4c(nnn4C)c3C)C(C)(C)C(=O)OC)ccc2C)Cc2cnccc2O1. The summed E-state index contributed by atoms with van der Waals surface area (Å²) in [4.78, 5) is 20.0. The molecule has 1 aliphatic rings. The highest BCUT2D eigenvalue weighted by atomic mass is 16.5. The van der Waals surface area contributed by atoms with E-state index >= 15 is 0 Å².